The lowest BCUT2D eigenvalue weighted by molar-refractivity contribution is -0.384. The second kappa shape index (κ2) is 5.47. The minimum Gasteiger partial charge on any atom is -0.379 e. The van der Waals surface area contributed by atoms with Crippen LogP contribution in [0.15, 0.2) is 30.5 Å². The van der Waals surface area contributed by atoms with Gasteiger partial charge in [0.25, 0.3) is 5.69 Å². The summed E-state index contributed by atoms with van der Waals surface area (Å²) < 4.78 is 14.8. The first kappa shape index (κ1) is 13.0. The van der Waals surface area contributed by atoms with Crippen molar-refractivity contribution in [2.75, 3.05) is 11.9 Å². The van der Waals surface area contributed by atoms with E-state index in [2.05, 4.69) is 10.4 Å². The van der Waals surface area contributed by atoms with E-state index < -0.39 is 10.7 Å². The molecule has 0 radical (unpaired) electrons. The summed E-state index contributed by atoms with van der Waals surface area (Å²) in [7, 11) is 1.81. The maximum absolute atomic E-state index is 13.1. The van der Waals surface area contributed by atoms with Crippen LogP contribution in [0.5, 0.6) is 0 Å². The molecule has 0 atom stereocenters. The summed E-state index contributed by atoms with van der Waals surface area (Å²) in [6.07, 6.45) is 2.43. The van der Waals surface area contributed by atoms with Crippen LogP contribution in [-0.4, -0.2) is 21.2 Å². The smallest absolute Gasteiger partial charge is 0.292 e. The monoisotopic (exact) mass is 264 g/mol. The van der Waals surface area contributed by atoms with E-state index in [1.807, 2.05) is 19.3 Å². The number of anilines is 1. The molecule has 0 amide bonds. The van der Waals surface area contributed by atoms with Crippen LogP contribution in [-0.2, 0) is 13.5 Å². The zero-order valence-corrected chi connectivity index (χ0v) is 10.3. The van der Waals surface area contributed by atoms with Gasteiger partial charge in [-0.2, -0.15) is 5.10 Å². The number of nitrogens with one attached hydrogen (secondary N) is 1. The molecule has 0 bridgehead atoms. The predicted molar refractivity (Wildman–Crippen MR) is 68.5 cm³/mol. The van der Waals surface area contributed by atoms with Crippen molar-refractivity contribution in [3.8, 4) is 0 Å². The normalized spacial score (nSPS) is 10.4. The van der Waals surface area contributed by atoms with E-state index in [0.717, 1.165) is 23.9 Å². The van der Waals surface area contributed by atoms with E-state index in [0.29, 0.717) is 13.0 Å². The topological polar surface area (TPSA) is 73.0 Å². The van der Waals surface area contributed by atoms with Crippen LogP contribution >= 0.6 is 0 Å². The van der Waals surface area contributed by atoms with Crippen molar-refractivity contribution in [3.05, 3.63) is 52.1 Å². The first-order valence-electron chi connectivity index (χ1n) is 5.72. The number of benzene rings is 1. The van der Waals surface area contributed by atoms with Gasteiger partial charge in [0, 0.05) is 38.3 Å². The van der Waals surface area contributed by atoms with Gasteiger partial charge < -0.3 is 5.32 Å². The zero-order valence-electron chi connectivity index (χ0n) is 10.3. The molecule has 1 aromatic carbocycles. The highest BCUT2D eigenvalue weighted by molar-refractivity contribution is 5.61. The molecule has 0 aliphatic carbocycles. The number of nitro benzene ring substituents is 1. The molecule has 6 nitrogen and oxygen atoms in total. The van der Waals surface area contributed by atoms with Crippen molar-refractivity contribution in [1.29, 1.82) is 0 Å². The average molecular weight is 264 g/mol. The molecule has 0 aliphatic rings. The highest BCUT2D eigenvalue weighted by Crippen LogP contribution is 2.24. The summed E-state index contributed by atoms with van der Waals surface area (Å²) in [5.41, 5.74) is 0.914. The van der Waals surface area contributed by atoms with Crippen LogP contribution in [0.1, 0.15) is 5.69 Å². The molecule has 100 valence electrons. The molecule has 1 N–H and O–H groups in total. The van der Waals surface area contributed by atoms with E-state index >= 15 is 0 Å². The quantitative estimate of drug-likeness (QED) is 0.663. The number of hydrogen-bond acceptors (Lipinski definition) is 4. The van der Waals surface area contributed by atoms with E-state index in [-0.39, 0.29) is 11.4 Å². The van der Waals surface area contributed by atoms with Crippen LogP contribution in [0.4, 0.5) is 15.8 Å². The Labute approximate surface area is 109 Å². The lowest BCUT2D eigenvalue weighted by Crippen LogP contribution is -2.07. The van der Waals surface area contributed by atoms with Gasteiger partial charge in [0.15, 0.2) is 0 Å². The maximum Gasteiger partial charge on any atom is 0.292 e. The molecule has 0 aliphatic heterocycles. The second-order valence-electron chi connectivity index (χ2n) is 4.08. The van der Waals surface area contributed by atoms with Crippen LogP contribution < -0.4 is 5.32 Å². The molecule has 1 heterocycles. The Hall–Kier alpha value is -2.44. The Bertz CT molecular complexity index is 597. The van der Waals surface area contributed by atoms with Crippen molar-refractivity contribution in [2.24, 2.45) is 7.05 Å². The summed E-state index contributed by atoms with van der Waals surface area (Å²) in [4.78, 5) is 10.3. The van der Waals surface area contributed by atoms with Crippen molar-refractivity contribution in [1.82, 2.24) is 9.78 Å². The lowest BCUT2D eigenvalue weighted by Gasteiger charge is -2.06. The molecule has 7 heteroatoms. The fraction of sp³-hybridized carbons (Fsp3) is 0.250. The van der Waals surface area contributed by atoms with Gasteiger partial charge in [-0.3, -0.25) is 14.8 Å². The largest absolute Gasteiger partial charge is 0.379 e. The predicted octanol–water partition coefficient (Wildman–Crippen LogP) is 2.12. The molecule has 0 unspecified atom stereocenters. The Morgan fingerprint density at radius 3 is 2.89 bits per heavy atom. The van der Waals surface area contributed by atoms with Crippen LogP contribution in [0.25, 0.3) is 0 Å². The Kier molecular flexibility index (Phi) is 3.74. The molecule has 0 saturated carbocycles. The van der Waals surface area contributed by atoms with Crippen LogP contribution in [0.3, 0.4) is 0 Å². The van der Waals surface area contributed by atoms with Gasteiger partial charge in [0.2, 0.25) is 0 Å². The Morgan fingerprint density at radius 1 is 1.47 bits per heavy atom. The molecule has 0 spiro atoms. The van der Waals surface area contributed by atoms with Gasteiger partial charge in [0.05, 0.1) is 10.6 Å². The second-order valence-corrected chi connectivity index (χ2v) is 4.08. The van der Waals surface area contributed by atoms with Gasteiger partial charge in [-0.15, -0.1) is 0 Å². The molecule has 0 saturated heterocycles. The minimum atomic E-state index is -0.539. The highest BCUT2D eigenvalue weighted by atomic mass is 19.1. The van der Waals surface area contributed by atoms with Gasteiger partial charge in [-0.1, -0.05) is 0 Å². The number of hydrogen-bond donors (Lipinski definition) is 1. The molecule has 19 heavy (non-hydrogen) atoms. The molecule has 2 aromatic rings. The van der Waals surface area contributed by atoms with Gasteiger partial charge in [0.1, 0.15) is 11.5 Å². The molecule has 2 rings (SSSR count). The first-order chi connectivity index (χ1) is 9.06. The first-order valence-corrected chi connectivity index (χ1v) is 5.72. The number of rotatable bonds is 5. The number of nitrogens with zero attached hydrogens (tertiary/aromatic N) is 3. The fourth-order valence-corrected chi connectivity index (χ4v) is 1.73. The van der Waals surface area contributed by atoms with Gasteiger partial charge in [-0.25, -0.2) is 4.39 Å². The number of halogens is 1. The third kappa shape index (κ3) is 3.27. The Morgan fingerprint density at radius 2 is 2.26 bits per heavy atom. The summed E-state index contributed by atoms with van der Waals surface area (Å²) in [5.74, 6) is -0.508. The number of aromatic nitrogens is 2. The SMILES string of the molecule is Cn1ccc(CCNc2cc(F)ccc2[N+](=O)[O-])n1. The van der Waals surface area contributed by atoms with Crippen molar-refractivity contribution in [2.45, 2.75) is 6.42 Å². The number of nitro groups is 1. The summed E-state index contributed by atoms with van der Waals surface area (Å²) in [5, 5.41) is 17.8. The maximum atomic E-state index is 13.1. The highest BCUT2D eigenvalue weighted by Gasteiger charge is 2.13. The van der Waals surface area contributed by atoms with E-state index in [1.165, 1.54) is 0 Å². The summed E-state index contributed by atoms with van der Waals surface area (Å²) >= 11 is 0. The molecular formula is C12H13FN4O2. The van der Waals surface area contributed by atoms with E-state index in [4.69, 9.17) is 0 Å². The van der Waals surface area contributed by atoms with E-state index in [1.54, 1.807) is 4.68 Å². The fourth-order valence-electron chi connectivity index (χ4n) is 1.73. The van der Waals surface area contributed by atoms with E-state index in [9.17, 15) is 14.5 Å². The standard InChI is InChI=1S/C12H13FN4O2/c1-16-7-5-10(15-16)4-6-14-11-8-9(13)2-3-12(11)17(18)19/h2-3,5,7-8,14H,4,6H2,1H3. The molecule has 1 aromatic heterocycles. The van der Waals surface area contributed by atoms with Crippen LogP contribution in [0.2, 0.25) is 0 Å². The minimum absolute atomic E-state index is 0.137. The van der Waals surface area contributed by atoms with Crippen molar-refractivity contribution in [3.63, 3.8) is 0 Å². The third-order valence-corrected chi connectivity index (χ3v) is 2.62. The van der Waals surface area contributed by atoms with Gasteiger partial charge in [-0.05, 0) is 12.1 Å². The number of aryl methyl sites for hydroxylation is 1. The zero-order chi connectivity index (χ0) is 13.8. The van der Waals surface area contributed by atoms with Crippen LogP contribution in [0, 0.1) is 15.9 Å². The van der Waals surface area contributed by atoms with Gasteiger partial charge >= 0.3 is 0 Å². The average Bonchev–Trinajstić information content (AvgIpc) is 2.75. The molecular weight excluding hydrogens is 251 g/mol. The summed E-state index contributed by atoms with van der Waals surface area (Å²) in [6.45, 7) is 0.446. The molecule has 0 fully saturated rings. The van der Waals surface area contributed by atoms with Crippen molar-refractivity contribution >= 4 is 11.4 Å². The summed E-state index contributed by atoms with van der Waals surface area (Å²) in [6, 6.07) is 5.21. The van der Waals surface area contributed by atoms with Crippen molar-refractivity contribution < 1.29 is 9.31 Å². The lowest BCUT2D eigenvalue weighted by atomic mass is 10.2. The Balaban J connectivity index is 2.02. The third-order valence-electron chi connectivity index (χ3n) is 2.62.